The number of aliphatic hydroxyl groups is 1. The monoisotopic (exact) mass is 387 g/mol. The van der Waals surface area contributed by atoms with Crippen LogP contribution >= 0.6 is 0 Å². The van der Waals surface area contributed by atoms with Gasteiger partial charge in [0.2, 0.25) is 10.0 Å². The van der Waals surface area contributed by atoms with Crippen LogP contribution in [-0.2, 0) is 10.0 Å². The molecule has 8 heteroatoms. The van der Waals surface area contributed by atoms with Gasteiger partial charge in [-0.1, -0.05) is 0 Å². The Morgan fingerprint density at radius 2 is 1.85 bits per heavy atom. The standard InChI is InChI=1S/C19H21N3O4S/c1-12(22-27(24,25)15-6-3-13(20)4-7-15)19(23)16-9-10-21-18-8-5-14(26-2)11-17(16)18/h3-12,19,22-23H,20H2,1-2H3. The lowest BCUT2D eigenvalue weighted by Gasteiger charge is -2.22. The second kappa shape index (κ2) is 7.51. The maximum Gasteiger partial charge on any atom is 0.240 e. The zero-order valence-corrected chi connectivity index (χ0v) is 15.8. The van der Waals surface area contributed by atoms with Crippen LogP contribution < -0.4 is 15.2 Å². The van der Waals surface area contributed by atoms with Gasteiger partial charge in [-0.3, -0.25) is 4.98 Å². The van der Waals surface area contributed by atoms with Crippen molar-refractivity contribution in [3.63, 3.8) is 0 Å². The molecule has 142 valence electrons. The number of rotatable bonds is 6. The van der Waals surface area contributed by atoms with E-state index in [1.165, 1.54) is 24.3 Å². The van der Waals surface area contributed by atoms with Crippen molar-refractivity contribution in [2.75, 3.05) is 12.8 Å². The molecule has 2 aromatic carbocycles. The molecule has 0 aliphatic rings. The number of anilines is 1. The van der Waals surface area contributed by atoms with Gasteiger partial charge in [0.15, 0.2) is 0 Å². The van der Waals surface area contributed by atoms with Crippen LogP contribution in [0.5, 0.6) is 5.75 Å². The summed E-state index contributed by atoms with van der Waals surface area (Å²) in [5.41, 5.74) is 7.31. The quantitative estimate of drug-likeness (QED) is 0.559. The van der Waals surface area contributed by atoms with E-state index in [0.717, 1.165) is 0 Å². The minimum Gasteiger partial charge on any atom is -0.497 e. The van der Waals surface area contributed by atoms with E-state index in [0.29, 0.717) is 27.9 Å². The minimum absolute atomic E-state index is 0.0806. The fourth-order valence-corrected chi connectivity index (χ4v) is 4.07. The summed E-state index contributed by atoms with van der Waals surface area (Å²) in [6.07, 6.45) is 0.500. The number of benzene rings is 2. The van der Waals surface area contributed by atoms with Crippen LogP contribution in [-0.4, -0.2) is 31.7 Å². The number of nitrogen functional groups attached to an aromatic ring is 1. The van der Waals surface area contributed by atoms with E-state index in [2.05, 4.69) is 9.71 Å². The fraction of sp³-hybridized carbons (Fsp3) is 0.211. The van der Waals surface area contributed by atoms with Crippen LogP contribution in [0.2, 0.25) is 0 Å². The number of pyridine rings is 1. The smallest absolute Gasteiger partial charge is 0.240 e. The summed E-state index contributed by atoms with van der Waals surface area (Å²) in [6.45, 7) is 1.60. The number of aromatic nitrogens is 1. The summed E-state index contributed by atoms with van der Waals surface area (Å²) in [7, 11) is -2.25. The predicted octanol–water partition coefficient (Wildman–Crippen LogP) is 2.23. The molecule has 2 unspecified atom stereocenters. The Balaban J connectivity index is 1.90. The average Bonchev–Trinajstić information content (AvgIpc) is 2.66. The first-order chi connectivity index (χ1) is 12.8. The Kier molecular flexibility index (Phi) is 5.31. The van der Waals surface area contributed by atoms with Crippen molar-refractivity contribution in [2.24, 2.45) is 0 Å². The van der Waals surface area contributed by atoms with Gasteiger partial charge in [-0.05, 0) is 61.0 Å². The van der Waals surface area contributed by atoms with Gasteiger partial charge >= 0.3 is 0 Å². The van der Waals surface area contributed by atoms with Gasteiger partial charge in [0.1, 0.15) is 5.75 Å². The third-order valence-electron chi connectivity index (χ3n) is 4.31. The lowest BCUT2D eigenvalue weighted by Crippen LogP contribution is -2.37. The second-order valence-corrected chi connectivity index (χ2v) is 7.92. The number of sulfonamides is 1. The van der Waals surface area contributed by atoms with Crippen LogP contribution in [0.4, 0.5) is 5.69 Å². The number of nitrogens with two attached hydrogens (primary N) is 1. The number of ether oxygens (including phenoxy) is 1. The Labute approximate surface area is 157 Å². The maximum atomic E-state index is 12.6. The molecule has 0 spiro atoms. The van der Waals surface area contributed by atoms with Crippen molar-refractivity contribution in [3.05, 3.63) is 60.3 Å². The Morgan fingerprint density at radius 1 is 1.15 bits per heavy atom. The summed E-state index contributed by atoms with van der Waals surface area (Å²) in [5, 5.41) is 11.5. The van der Waals surface area contributed by atoms with Crippen molar-refractivity contribution in [1.82, 2.24) is 9.71 Å². The molecule has 1 heterocycles. The van der Waals surface area contributed by atoms with E-state index < -0.39 is 22.2 Å². The molecular formula is C19H21N3O4S. The van der Waals surface area contributed by atoms with Gasteiger partial charge in [0.05, 0.1) is 23.6 Å². The van der Waals surface area contributed by atoms with Crippen LogP contribution in [0.1, 0.15) is 18.6 Å². The highest BCUT2D eigenvalue weighted by atomic mass is 32.2. The number of hydrogen-bond acceptors (Lipinski definition) is 6. The number of methoxy groups -OCH3 is 1. The number of aliphatic hydroxyl groups excluding tert-OH is 1. The highest BCUT2D eigenvalue weighted by molar-refractivity contribution is 7.89. The topological polar surface area (TPSA) is 115 Å². The van der Waals surface area contributed by atoms with E-state index in [4.69, 9.17) is 10.5 Å². The second-order valence-electron chi connectivity index (χ2n) is 6.21. The Morgan fingerprint density at radius 3 is 2.52 bits per heavy atom. The molecule has 0 saturated carbocycles. The van der Waals surface area contributed by atoms with Gasteiger partial charge in [-0.15, -0.1) is 0 Å². The molecular weight excluding hydrogens is 366 g/mol. The van der Waals surface area contributed by atoms with Gasteiger partial charge < -0.3 is 15.6 Å². The van der Waals surface area contributed by atoms with E-state index in [1.807, 2.05) is 0 Å². The van der Waals surface area contributed by atoms with Gasteiger partial charge in [-0.2, -0.15) is 0 Å². The molecule has 0 saturated heterocycles. The molecule has 27 heavy (non-hydrogen) atoms. The van der Waals surface area contributed by atoms with Crippen molar-refractivity contribution in [3.8, 4) is 5.75 Å². The van der Waals surface area contributed by atoms with Crippen molar-refractivity contribution in [2.45, 2.75) is 24.0 Å². The van der Waals surface area contributed by atoms with E-state index in [9.17, 15) is 13.5 Å². The minimum atomic E-state index is -3.80. The number of hydrogen-bond donors (Lipinski definition) is 3. The predicted molar refractivity (Wildman–Crippen MR) is 104 cm³/mol. The van der Waals surface area contributed by atoms with E-state index in [1.54, 1.807) is 44.5 Å². The molecule has 1 aromatic heterocycles. The Hall–Kier alpha value is -2.68. The molecule has 3 rings (SSSR count). The van der Waals surface area contributed by atoms with Gasteiger partial charge in [0.25, 0.3) is 0 Å². The molecule has 3 aromatic rings. The molecule has 4 N–H and O–H groups in total. The SMILES string of the molecule is COc1ccc2nccc(C(O)C(C)NS(=O)(=O)c3ccc(N)cc3)c2c1. The fourth-order valence-electron chi connectivity index (χ4n) is 2.83. The Bertz CT molecular complexity index is 1050. The highest BCUT2D eigenvalue weighted by Gasteiger charge is 2.25. The summed E-state index contributed by atoms with van der Waals surface area (Å²) >= 11 is 0. The number of nitrogens with zero attached hydrogens (tertiary/aromatic N) is 1. The zero-order valence-electron chi connectivity index (χ0n) is 15.0. The van der Waals surface area contributed by atoms with Crippen LogP contribution in [0.15, 0.2) is 59.6 Å². The van der Waals surface area contributed by atoms with Crippen molar-refractivity contribution >= 4 is 26.6 Å². The third-order valence-corrected chi connectivity index (χ3v) is 5.88. The van der Waals surface area contributed by atoms with Crippen LogP contribution in [0.3, 0.4) is 0 Å². The summed E-state index contributed by atoms with van der Waals surface area (Å²) < 4.78 is 32.9. The average molecular weight is 387 g/mol. The molecule has 2 atom stereocenters. The van der Waals surface area contributed by atoms with Crippen LogP contribution in [0, 0.1) is 0 Å². The van der Waals surface area contributed by atoms with Gasteiger partial charge in [0, 0.05) is 23.3 Å². The largest absolute Gasteiger partial charge is 0.497 e. The van der Waals surface area contributed by atoms with Crippen molar-refractivity contribution in [1.29, 1.82) is 0 Å². The summed E-state index contributed by atoms with van der Waals surface area (Å²) in [6, 6.07) is 12.1. The van der Waals surface area contributed by atoms with Crippen LogP contribution in [0.25, 0.3) is 10.9 Å². The third kappa shape index (κ3) is 4.02. The molecule has 7 nitrogen and oxygen atoms in total. The molecule has 0 aliphatic carbocycles. The van der Waals surface area contributed by atoms with Gasteiger partial charge in [-0.25, -0.2) is 13.1 Å². The molecule has 0 aliphatic heterocycles. The highest BCUT2D eigenvalue weighted by Crippen LogP contribution is 2.28. The normalized spacial score (nSPS) is 14.0. The summed E-state index contributed by atoms with van der Waals surface area (Å²) in [4.78, 5) is 4.35. The molecule has 0 amide bonds. The van der Waals surface area contributed by atoms with Crippen molar-refractivity contribution < 1.29 is 18.3 Å². The summed E-state index contributed by atoms with van der Waals surface area (Å²) in [5.74, 6) is 0.624. The van der Waals surface area contributed by atoms with E-state index in [-0.39, 0.29) is 4.90 Å². The molecule has 0 radical (unpaired) electrons. The lowest BCUT2D eigenvalue weighted by molar-refractivity contribution is 0.148. The maximum absolute atomic E-state index is 12.6. The first-order valence-corrected chi connectivity index (χ1v) is 9.79. The number of nitrogens with one attached hydrogen (secondary N) is 1. The molecule has 0 bridgehead atoms. The zero-order chi connectivity index (χ0) is 19.6. The first kappa shape index (κ1) is 19.1. The lowest BCUT2D eigenvalue weighted by atomic mass is 10.00. The van der Waals surface area contributed by atoms with E-state index >= 15 is 0 Å². The first-order valence-electron chi connectivity index (χ1n) is 8.30. The molecule has 0 fully saturated rings. The number of fused-ring (bicyclic) bond motifs is 1.